The molecule has 1 aromatic heterocycles. The second-order valence-electron chi connectivity index (χ2n) is 2.60. The van der Waals surface area contributed by atoms with Crippen molar-refractivity contribution in [1.82, 2.24) is 4.98 Å². The molecule has 0 aliphatic carbocycles. The maximum atomic E-state index is 12.4. The fourth-order valence-corrected chi connectivity index (χ4v) is 1.94. The van der Waals surface area contributed by atoms with Crippen molar-refractivity contribution in [1.29, 1.82) is 5.26 Å². The van der Waals surface area contributed by atoms with Gasteiger partial charge in [0.1, 0.15) is 6.07 Å². The van der Waals surface area contributed by atoms with E-state index in [1.54, 1.807) is 0 Å². The van der Waals surface area contributed by atoms with Gasteiger partial charge in [0.25, 0.3) is 15.5 Å². The molecule has 0 saturated carbocycles. The Morgan fingerprint density at radius 2 is 2.12 bits per heavy atom. The summed E-state index contributed by atoms with van der Waals surface area (Å²) < 4.78 is 46.7. The lowest BCUT2D eigenvalue weighted by molar-refractivity contribution is 0.146. The van der Waals surface area contributed by atoms with E-state index in [0.717, 1.165) is 0 Å². The molecule has 0 spiro atoms. The van der Waals surface area contributed by atoms with Gasteiger partial charge in [0.2, 0.25) is 0 Å². The summed E-state index contributed by atoms with van der Waals surface area (Å²) in [5.41, 5.74) is -1.74. The summed E-state index contributed by atoms with van der Waals surface area (Å²) in [6, 6.07) is 1.79. The van der Waals surface area contributed by atoms with Crippen molar-refractivity contribution in [2.45, 2.75) is 11.5 Å². The maximum Gasteiger partial charge on any atom is 0.279 e. The van der Waals surface area contributed by atoms with Gasteiger partial charge in [-0.05, 0) is 6.07 Å². The zero-order chi connectivity index (χ0) is 12.5. The van der Waals surface area contributed by atoms with Crippen LogP contribution in [0.3, 0.4) is 0 Å². The zero-order valence-corrected chi connectivity index (χ0v) is 8.93. The highest BCUT2D eigenvalue weighted by molar-refractivity contribution is 8.13. The van der Waals surface area contributed by atoms with Crippen molar-refractivity contribution in [2.24, 2.45) is 0 Å². The number of alkyl halides is 2. The van der Waals surface area contributed by atoms with Gasteiger partial charge in [0, 0.05) is 10.7 Å². The van der Waals surface area contributed by atoms with E-state index in [0.29, 0.717) is 6.07 Å². The summed E-state index contributed by atoms with van der Waals surface area (Å²) in [5, 5.41) is 16.4. The van der Waals surface area contributed by atoms with Gasteiger partial charge < -0.3 is 5.11 Å². The quantitative estimate of drug-likeness (QED) is 0.821. The Morgan fingerprint density at radius 1 is 1.56 bits per heavy atom. The van der Waals surface area contributed by atoms with Gasteiger partial charge in [-0.1, -0.05) is 0 Å². The average Bonchev–Trinajstić information content (AvgIpc) is 2.15. The molecule has 5 nitrogen and oxygen atoms in total. The van der Waals surface area contributed by atoms with E-state index in [1.165, 1.54) is 6.07 Å². The van der Waals surface area contributed by atoms with Crippen LogP contribution in [0.5, 0.6) is 5.75 Å². The van der Waals surface area contributed by atoms with Crippen LogP contribution in [-0.2, 0) is 9.05 Å². The fourth-order valence-electron chi connectivity index (χ4n) is 0.935. The minimum atomic E-state index is -4.51. The number of aromatic hydroxyl groups is 1. The lowest BCUT2D eigenvalue weighted by Gasteiger charge is -2.06. The van der Waals surface area contributed by atoms with E-state index in [9.17, 15) is 17.2 Å². The molecule has 9 heteroatoms. The standard InChI is InChI=1S/C7H3ClF2N2O3S/c8-16(14,15)7-3(6(9)10)1-5(13)4(2-11)12-7/h1,6,13H. The number of aromatic nitrogens is 1. The number of hydrogen-bond donors (Lipinski definition) is 1. The second-order valence-corrected chi connectivity index (χ2v) is 5.08. The van der Waals surface area contributed by atoms with E-state index >= 15 is 0 Å². The van der Waals surface area contributed by atoms with Crippen LogP contribution in [0, 0.1) is 11.3 Å². The number of nitriles is 1. The van der Waals surface area contributed by atoms with Crippen molar-refractivity contribution in [3.8, 4) is 11.8 Å². The highest BCUT2D eigenvalue weighted by Crippen LogP contribution is 2.31. The van der Waals surface area contributed by atoms with Crippen molar-refractivity contribution < 1.29 is 22.3 Å². The van der Waals surface area contributed by atoms with Crippen molar-refractivity contribution >= 4 is 19.7 Å². The van der Waals surface area contributed by atoms with Crippen LogP contribution in [0.4, 0.5) is 8.78 Å². The van der Waals surface area contributed by atoms with E-state index in [2.05, 4.69) is 4.98 Å². The molecule has 0 fully saturated rings. The first-order valence-corrected chi connectivity index (χ1v) is 5.95. The molecule has 0 bridgehead atoms. The van der Waals surface area contributed by atoms with Gasteiger partial charge in [-0.25, -0.2) is 22.2 Å². The Kier molecular flexibility index (Phi) is 3.30. The van der Waals surface area contributed by atoms with Crippen LogP contribution in [0.15, 0.2) is 11.1 Å². The Morgan fingerprint density at radius 3 is 2.50 bits per heavy atom. The first kappa shape index (κ1) is 12.6. The molecule has 0 aliphatic heterocycles. The lowest BCUT2D eigenvalue weighted by Crippen LogP contribution is -2.04. The van der Waals surface area contributed by atoms with Gasteiger partial charge in [-0.15, -0.1) is 0 Å². The molecule has 1 N–H and O–H groups in total. The minimum Gasteiger partial charge on any atom is -0.505 e. The SMILES string of the molecule is N#Cc1nc(S(=O)(=O)Cl)c(C(F)F)cc1O. The van der Waals surface area contributed by atoms with Gasteiger partial charge in [-0.2, -0.15) is 5.26 Å². The number of rotatable bonds is 2. The number of nitrogens with zero attached hydrogens (tertiary/aromatic N) is 2. The number of pyridine rings is 1. The highest BCUT2D eigenvalue weighted by Gasteiger charge is 2.26. The third-order valence-electron chi connectivity index (χ3n) is 1.57. The molecule has 1 rings (SSSR count). The number of hydrogen-bond acceptors (Lipinski definition) is 5. The predicted octanol–water partition coefficient (Wildman–Crippen LogP) is 1.52. The molecule has 0 amide bonds. The normalized spacial score (nSPS) is 11.4. The molecule has 86 valence electrons. The average molecular weight is 269 g/mol. The molecule has 0 atom stereocenters. The smallest absolute Gasteiger partial charge is 0.279 e. The van der Waals surface area contributed by atoms with Gasteiger partial charge in [0.15, 0.2) is 16.5 Å². The van der Waals surface area contributed by atoms with Crippen LogP contribution in [0.1, 0.15) is 17.7 Å². The largest absolute Gasteiger partial charge is 0.505 e. The van der Waals surface area contributed by atoms with Gasteiger partial charge >= 0.3 is 0 Å². The molecule has 0 unspecified atom stereocenters. The van der Waals surface area contributed by atoms with Crippen LogP contribution >= 0.6 is 10.7 Å². The van der Waals surface area contributed by atoms with E-state index in [1.807, 2.05) is 0 Å². The molecule has 0 radical (unpaired) electrons. The third-order valence-corrected chi connectivity index (χ3v) is 2.79. The van der Waals surface area contributed by atoms with E-state index < -0.39 is 37.5 Å². The van der Waals surface area contributed by atoms with Gasteiger partial charge in [-0.3, -0.25) is 0 Å². The summed E-state index contributed by atoms with van der Waals surface area (Å²) in [4.78, 5) is 3.07. The molecular weight excluding hydrogens is 266 g/mol. The van der Waals surface area contributed by atoms with E-state index in [4.69, 9.17) is 21.1 Å². The monoisotopic (exact) mass is 268 g/mol. The summed E-state index contributed by atoms with van der Waals surface area (Å²) in [6.45, 7) is 0. The number of halogens is 3. The van der Waals surface area contributed by atoms with Crippen LogP contribution in [-0.4, -0.2) is 18.5 Å². The molecular formula is C7H3ClF2N2O3S. The highest BCUT2D eigenvalue weighted by atomic mass is 35.7. The van der Waals surface area contributed by atoms with Crippen LogP contribution in [0.2, 0.25) is 0 Å². The zero-order valence-electron chi connectivity index (χ0n) is 7.35. The van der Waals surface area contributed by atoms with Crippen molar-refractivity contribution in [3.63, 3.8) is 0 Å². The molecule has 0 aromatic carbocycles. The Labute approximate surface area is 93.3 Å². The summed E-state index contributed by atoms with van der Waals surface area (Å²) in [7, 11) is 0.365. The summed E-state index contributed by atoms with van der Waals surface area (Å²) in [5.74, 6) is -0.832. The Balaban J connectivity index is 3.64. The summed E-state index contributed by atoms with van der Waals surface area (Å²) in [6.07, 6.45) is -3.19. The minimum absolute atomic E-state index is 0.450. The molecule has 0 saturated heterocycles. The summed E-state index contributed by atoms with van der Waals surface area (Å²) >= 11 is 0. The maximum absolute atomic E-state index is 12.4. The Bertz CT molecular complexity index is 568. The van der Waals surface area contributed by atoms with Crippen molar-refractivity contribution in [3.05, 3.63) is 17.3 Å². The third kappa shape index (κ3) is 2.37. The topological polar surface area (TPSA) is 91.0 Å². The van der Waals surface area contributed by atoms with Crippen molar-refractivity contribution in [2.75, 3.05) is 0 Å². The fraction of sp³-hybridized carbons (Fsp3) is 0.143. The molecule has 16 heavy (non-hydrogen) atoms. The first-order chi connectivity index (χ1) is 7.27. The first-order valence-electron chi connectivity index (χ1n) is 3.64. The van der Waals surface area contributed by atoms with Gasteiger partial charge in [0.05, 0.1) is 5.56 Å². The van der Waals surface area contributed by atoms with Crippen LogP contribution in [0.25, 0.3) is 0 Å². The van der Waals surface area contributed by atoms with Crippen LogP contribution < -0.4 is 0 Å². The second kappa shape index (κ2) is 4.19. The molecule has 1 heterocycles. The Hall–Kier alpha value is -1.46. The molecule has 1 aromatic rings. The molecule has 0 aliphatic rings. The lowest BCUT2D eigenvalue weighted by atomic mass is 10.2. The predicted molar refractivity (Wildman–Crippen MR) is 48.6 cm³/mol. The van der Waals surface area contributed by atoms with E-state index in [-0.39, 0.29) is 0 Å².